The summed E-state index contributed by atoms with van der Waals surface area (Å²) in [6, 6.07) is 0. The number of aliphatic hydroxyl groups is 9. The molecular formula is C43H74O14. The van der Waals surface area contributed by atoms with Gasteiger partial charge in [-0.05, 0) is 110 Å². The van der Waals surface area contributed by atoms with Crippen LogP contribution in [0.3, 0.4) is 0 Å². The van der Waals surface area contributed by atoms with Crippen molar-refractivity contribution in [2.75, 3.05) is 19.8 Å². The van der Waals surface area contributed by atoms with Crippen LogP contribution in [0.4, 0.5) is 0 Å². The summed E-state index contributed by atoms with van der Waals surface area (Å²) in [4.78, 5) is 0. The highest BCUT2D eigenvalue weighted by Gasteiger charge is 2.72. The lowest BCUT2D eigenvalue weighted by molar-refractivity contribution is -0.378. The second-order valence-corrected chi connectivity index (χ2v) is 21.2. The number of aliphatic hydroxyl groups excluding tert-OH is 9. The quantitative estimate of drug-likeness (QED) is 0.151. The first-order valence-corrected chi connectivity index (χ1v) is 21.8. The molecule has 0 aromatic rings. The molecule has 0 aromatic heterocycles. The summed E-state index contributed by atoms with van der Waals surface area (Å²) in [5, 5.41) is 96.0. The first-order valence-electron chi connectivity index (χ1n) is 21.8. The Labute approximate surface area is 338 Å². The van der Waals surface area contributed by atoms with Gasteiger partial charge in [0.2, 0.25) is 0 Å². The monoisotopic (exact) mass is 815 g/mol. The molecule has 0 bridgehead atoms. The molecule has 0 spiro atoms. The number of hydrogen-bond donors (Lipinski definition) is 9. The lowest BCUT2D eigenvalue weighted by atomic mass is 9.35. The summed E-state index contributed by atoms with van der Waals surface area (Å²) < 4.78 is 31.4. The van der Waals surface area contributed by atoms with E-state index in [4.69, 9.17) is 23.7 Å². The maximum Gasteiger partial charge on any atom is 0.187 e. The molecule has 0 radical (unpaired) electrons. The van der Waals surface area contributed by atoms with Crippen LogP contribution < -0.4 is 0 Å². The molecule has 7 fully saturated rings. The highest BCUT2D eigenvalue weighted by atomic mass is 16.8. The molecule has 14 heteroatoms. The van der Waals surface area contributed by atoms with Crippen LogP contribution in [0.15, 0.2) is 0 Å². The summed E-state index contributed by atoms with van der Waals surface area (Å²) in [6.45, 7) is 16.9. The molecule has 0 aromatic carbocycles. The van der Waals surface area contributed by atoms with Crippen molar-refractivity contribution in [2.24, 2.45) is 51.2 Å². The molecule has 57 heavy (non-hydrogen) atoms. The molecule has 14 nitrogen and oxygen atoms in total. The van der Waals surface area contributed by atoms with E-state index in [0.29, 0.717) is 18.3 Å². The zero-order valence-electron chi connectivity index (χ0n) is 35.4. The van der Waals surface area contributed by atoms with Crippen molar-refractivity contribution >= 4 is 0 Å². The molecule has 4 aliphatic carbocycles. The predicted molar refractivity (Wildman–Crippen MR) is 205 cm³/mol. The smallest absolute Gasteiger partial charge is 0.187 e. The van der Waals surface area contributed by atoms with E-state index >= 15 is 0 Å². The Balaban J connectivity index is 1.11. The van der Waals surface area contributed by atoms with Crippen LogP contribution in [0.1, 0.15) is 113 Å². The molecule has 330 valence electrons. The van der Waals surface area contributed by atoms with Gasteiger partial charge in [-0.15, -0.1) is 0 Å². The third-order valence-corrected chi connectivity index (χ3v) is 18.1. The highest BCUT2D eigenvalue weighted by Crippen LogP contribution is 2.76. The van der Waals surface area contributed by atoms with Gasteiger partial charge in [0.05, 0.1) is 43.2 Å². The van der Waals surface area contributed by atoms with Gasteiger partial charge in [0, 0.05) is 5.92 Å². The van der Waals surface area contributed by atoms with Crippen LogP contribution >= 0.6 is 0 Å². The van der Waals surface area contributed by atoms with Crippen LogP contribution in [0, 0.1) is 51.2 Å². The number of ether oxygens (including phenoxy) is 5. The summed E-state index contributed by atoms with van der Waals surface area (Å²) >= 11 is 0. The lowest BCUT2D eigenvalue weighted by Crippen LogP contribution is -2.66. The lowest BCUT2D eigenvalue weighted by Gasteiger charge is -2.70. The van der Waals surface area contributed by atoms with Gasteiger partial charge in [0.1, 0.15) is 48.8 Å². The molecule has 3 aliphatic heterocycles. The van der Waals surface area contributed by atoms with Crippen molar-refractivity contribution < 1.29 is 69.6 Å². The summed E-state index contributed by atoms with van der Waals surface area (Å²) in [5.41, 5.74) is -1.69. The Kier molecular flexibility index (Phi) is 12.0. The SMILES string of the molecule is CC(C)[C@]1(CO)CC[C@@](C)([C@@H]2C3CCC4[C@@]5(C)CC[C@H](O[C@@H]6O[C@H](CO)[C@@H](O)[C@H](O)[C@H]6O[C@@H]6O[C@H](CO)[C@@H](O)[C@H](O)[C@H]6O)C(C)(C)C5CC[C@@]4(C)[C@]3(C)C[C@H]2O)O1. The molecule has 9 N–H and O–H groups in total. The van der Waals surface area contributed by atoms with Gasteiger partial charge in [-0.1, -0.05) is 48.5 Å². The fourth-order valence-electron chi connectivity index (χ4n) is 14.6. The van der Waals surface area contributed by atoms with Crippen LogP contribution in [0.25, 0.3) is 0 Å². The molecule has 0 amide bonds. The van der Waals surface area contributed by atoms with Crippen LogP contribution in [-0.4, -0.2) is 151 Å². The normalized spacial score (nSPS) is 56.3. The first-order chi connectivity index (χ1) is 26.6. The van der Waals surface area contributed by atoms with Crippen LogP contribution in [0.2, 0.25) is 0 Å². The average Bonchev–Trinajstić information content (AvgIpc) is 3.66. The van der Waals surface area contributed by atoms with Gasteiger partial charge < -0.3 is 69.6 Å². The largest absolute Gasteiger partial charge is 0.394 e. The minimum Gasteiger partial charge on any atom is -0.394 e. The van der Waals surface area contributed by atoms with Crippen molar-refractivity contribution in [3.8, 4) is 0 Å². The second-order valence-electron chi connectivity index (χ2n) is 21.2. The molecule has 7 aliphatic rings. The summed E-state index contributed by atoms with van der Waals surface area (Å²) in [5.74, 6) is 1.08. The number of hydrogen-bond acceptors (Lipinski definition) is 14. The minimum absolute atomic E-state index is 0.0104. The van der Waals surface area contributed by atoms with Crippen molar-refractivity contribution in [3.63, 3.8) is 0 Å². The van der Waals surface area contributed by atoms with E-state index in [1.807, 2.05) is 0 Å². The predicted octanol–water partition coefficient (Wildman–Crippen LogP) is 1.61. The van der Waals surface area contributed by atoms with Gasteiger partial charge >= 0.3 is 0 Å². The van der Waals surface area contributed by atoms with Gasteiger partial charge in [0.25, 0.3) is 0 Å². The van der Waals surface area contributed by atoms with Crippen LogP contribution in [-0.2, 0) is 23.7 Å². The number of rotatable bonds is 9. The van der Waals surface area contributed by atoms with E-state index in [0.717, 1.165) is 51.4 Å². The zero-order chi connectivity index (χ0) is 41.8. The molecule has 21 atom stereocenters. The summed E-state index contributed by atoms with van der Waals surface area (Å²) in [7, 11) is 0. The maximum absolute atomic E-state index is 12.0. The van der Waals surface area contributed by atoms with Crippen molar-refractivity contribution in [1.29, 1.82) is 0 Å². The van der Waals surface area contributed by atoms with Crippen LogP contribution in [0.5, 0.6) is 0 Å². The van der Waals surface area contributed by atoms with E-state index < -0.39 is 97.3 Å². The third kappa shape index (κ3) is 6.64. The van der Waals surface area contributed by atoms with E-state index in [1.54, 1.807) is 0 Å². The topological polar surface area (TPSA) is 228 Å². The Morgan fingerprint density at radius 2 is 1.26 bits per heavy atom. The molecule has 7 rings (SSSR count). The molecule has 4 saturated carbocycles. The van der Waals surface area contributed by atoms with Gasteiger partial charge in [-0.2, -0.15) is 0 Å². The van der Waals surface area contributed by atoms with Gasteiger partial charge in [-0.25, -0.2) is 0 Å². The average molecular weight is 815 g/mol. The van der Waals surface area contributed by atoms with Crippen molar-refractivity contribution in [1.82, 2.24) is 0 Å². The molecule has 3 unspecified atom stereocenters. The van der Waals surface area contributed by atoms with E-state index in [9.17, 15) is 46.0 Å². The standard InChI is InChI=1S/C43H74O14/c1-21(2)43(20-46)16-15-42(8,57-43)29-22-9-10-27-39(5)13-12-28(38(3,4)26(39)11-14-40(27,6)41(22,7)17-23(29)47)55-37-35(33(51)31(49)25(19-45)54-37)56-36-34(52)32(50)30(48)24(18-44)53-36/h21-37,44-52H,9-20H2,1-8H3/t22?,23-,24-,25-,26?,27?,28+,29-,30-,31-,32+,33+,34-,35-,36+,37+,39+,40-,41-,42+,43-/m1/s1. The molecule has 3 saturated heterocycles. The maximum atomic E-state index is 12.0. The number of fused-ring (bicyclic) bond motifs is 5. The minimum atomic E-state index is -1.75. The molecular weight excluding hydrogens is 740 g/mol. The Hall–Kier alpha value is -0.560. The van der Waals surface area contributed by atoms with Crippen molar-refractivity contribution in [3.05, 3.63) is 0 Å². The zero-order valence-corrected chi connectivity index (χ0v) is 35.4. The van der Waals surface area contributed by atoms with Gasteiger partial charge in [0.15, 0.2) is 12.6 Å². The summed E-state index contributed by atoms with van der Waals surface area (Å²) in [6.07, 6.45) is -8.05. The van der Waals surface area contributed by atoms with Gasteiger partial charge in [-0.3, -0.25) is 0 Å². The fraction of sp³-hybridized carbons (Fsp3) is 1.00. The van der Waals surface area contributed by atoms with Crippen molar-refractivity contribution in [2.45, 2.75) is 198 Å². The highest BCUT2D eigenvalue weighted by molar-refractivity contribution is 5.21. The van der Waals surface area contributed by atoms with E-state index in [1.165, 1.54) is 0 Å². The third-order valence-electron chi connectivity index (χ3n) is 18.1. The Bertz CT molecular complexity index is 1430. The Morgan fingerprint density at radius 1 is 0.632 bits per heavy atom. The van der Waals surface area contributed by atoms with E-state index in [-0.39, 0.29) is 46.7 Å². The second kappa shape index (κ2) is 15.4. The fourth-order valence-corrected chi connectivity index (χ4v) is 14.6. The van der Waals surface area contributed by atoms with E-state index in [2.05, 4.69) is 55.4 Å². The molecule has 3 heterocycles. The Morgan fingerprint density at radius 3 is 1.86 bits per heavy atom. The first kappa shape index (κ1) is 44.5.